The molecule has 2 aliphatic heterocycles. The molecule has 0 aliphatic carbocycles. The molecule has 0 amide bonds. The molecule has 12 heavy (non-hydrogen) atoms. The second-order valence-corrected chi connectivity index (χ2v) is 5.25. The topological polar surface area (TPSA) is 12.0 Å². The second-order valence-electron chi connectivity index (χ2n) is 2.85. The number of nitrogens with one attached hydrogen (secondary N) is 1. The van der Waals surface area contributed by atoms with Crippen molar-refractivity contribution in [2.75, 3.05) is 13.1 Å². The summed E-state index contributed by atoms with van der Waals surface area (Å²) in [5, 5.41) is 4.27. The van der Waals surface area contributed by atoms with Gasteiger partial charge in [0.05, 0.1) is 0 Å². The van der Waals surface area contributed by atoms with Crippen LogP contribution in [0.25, 0.3) is 0 Å². The van der Waals surface area contributed by atoms with Crippen molar-refractivity contribution in [2.45, 2.75) is 6.42 Å². The van der Waals surface area contributed by atoms with Gasteiger partial charge in [-0.05, 0) is 0 Å². The monoisotopic (exact) mass is 294 g/mol. The average molecular weight is 295 g/mol. The van der Waals surface area contributed by atoms with Gasteiger partial charge in [0.2, 0.25) is 0 Å². The van der Waals surface area contributed by atoms with Crippen LogP contribution < -0.4 is 26.5 Å². The Morgan fingerprint density at radius 2 is 2.25 bits per heavy atom. The van der Waals surface area contributed by atoms with E-state index in [4.69, 9.17) is 11.6 Å². The van der Waals surface area contributed by atoms with Gasteiger partial charge in [-0.2, -0.15) is 0 Å². The summed E-state index contributed by atoms with van der Waals surface area (Å²) in [5.74, 6) is 0. The Morgan fingerprint density at radius 1 is 1.33 bits per heavy atom. The van der Waals surface area contributed by atoms with Gasteiger partial charge in [-0.15, -0.1) is 0 Å². The van der Waals surface area contributed by atoms with E-state index in [1.807, 2.05) is 0 Å². The van der Waals surface area contributed by atoms with Gasteiger partial charge in [0.1, 0.15) is 0 Å². The Balaban J connectivity index is 2.29. The van der Waals surface area contributed by atoms with Crippen LogP contribution in [0, 0.1) is 0 Å². The van der Waals surface area contributed by atoms with Gasteiger partial charge < -0.3 is 0 Å². The fourth-order valence-corrected chi connectivity index (χ4v) is 3.65. The van der Waals surface area contributed by atoms with Crippen molar-refractivity contribution in [3.8, 4) is 0 Å². The molecular formula is C9H10ClIN-. The molecule has 0 bridgehead atoms. The van der Waals surface area contributed by atoms with Crippen molar-refractivity contribution in [1.29, 1.82) is 0 Å². The van der Waals surface area contributed by atoms with Gasteiger partial charge in [-0.25, -0.2) is 0 Å². The van der Waals surface area contributed by atoms with Gasteiger partial charge >= 0.3 is 88.1 Å². The van der Waals surface area contributed by atoms with E-state index >= 15 is 0 Å². The first-order valence-corrected chi connectivity index (χ1v) is 6.81. The van der Waals surface area contributed by atoms with Crippen LogP contribution >= 0.6 is 11.6 Å². The molecule has 0 spiro atoms. The molecule has 0 aromatic rings. The van der Waals surface area contributed by atoms with Crippen LogP contribution in [0.4, 0.5) is 0 Å². The van der Waals surface area contributed by atoms with Crippen molar-refractivity contribution in [1.82, 2.24) is 5.32 Å². The molecule has 2 heterocycles. The van der Waals surface area contributed by atoms with E-state index in [0.717, 1.165) is 18.1 Å². The van der Waals surface area contributed by atoms with Crippen molar-refractivity contribution in [3.05, 3.63) is 30.4 Å². The molecule has 0 aromatic heterocycles. The fourth-order valence-electron chi connectivity index (χ4n) is 1.35. The predicted octanol–water partition coefficient (Wildman–Crippen LogP) is -1.03. The van der Waals surface area contributed by atoms with Crippen molar-refractivity contribution in [2.24, 2.45) is 0 Å². The Morgan fingerprint density at radius 3 is 3.17 bits per heavy atom. The maximum absolute atomic E-state index is 5.99. The summed E-state index contributed by atoms with van der Waals surface area (Å²) in [6.07, 6.45) is 3.27. The Hall–Kier alpha value is 0.200. The SMILES string of the molecule is ClC1=C[I-]C=C2CCNCC2=C1. The van der Waals surface area contributed by atoms with Crippen molar-refractivity contribution < 1.29 is 21.2 Å². The average Bonchev–Trinajstić information content (AvgIpc) is 2.25. The minimum atomic E-state index is 0.0651. The molecule has 0 saturated carbocycles. The van der Waals surface area contributed by atoms with Gasteiger partial charge in [-0.1, -0.05) is 0 Å². The van der Waals surface area contributed by atoms with Crippen molar-refractivity contribution >= 4 is 11.6 Å². The summed E-state index contributed by atoms with van der Waals surface area (Å²) in [7, 11) is 0. The first kappa shape index (κ1) is 8.78. The summed E-state index contributed by atoms with van der Waals surface area (Å²) < 4.78 is 4.56. The first-order valence-electron chi connectivity index (χ1n) is 3.94. The van der Waals surface area contributed by atoms with Gasteiger partial charge in [0.15, 0.2) is 0 Å². The minimum absolute atomic E-state index is 0.0651. The molecule has 0 unspecified atom stereocenters. The third-order valence-electron chi connectivity index (χ3n) is 1.97. The first-order chi connectivity index (χ1) is 5.86. The van der Waals surface area contributed by atoms with Crippen molar-refractivity contribution in [3.63, 3.8) is 0 Å². The van der Waals surface area contributed by atoms with E-state index < -0.39 is 0 Å². The van der Waals surface area contributed by atoms with Gasteiger partial charge in [0.25, 0.3) is 0 Å². The number of hydrogen-bond donors (Lipinski definition) is 1. The number of halogens is 2. The zero-order chi connectivity index (χ0) is 8.39. The standard InChI is InChI=1S/C9H10ClIN/c10-9-3-8-6-12-2-1-7(8)4-11-5-9/h3-5,12H,1-2,6H2/q-1. The number of hydrogen-bond acceptors (Lipinski definition) is 1. The molecule has 0 atom stereocenters. The number of fused-ring (bicyclic) bond motifs is 1. The molecule has 3 heteroatoms. The second kappa shape index (κ2) is 3.94. The summed E-state index contributed by atoms with van der Waals surface area (Å²) >= 11 is 6.06. The molecule has 66 valence electrons. The zero-order valence-electron chi connectivity index (χ0n) is 6.61. The van der Waals surface area contributed by atoms with E-state index in [9.17, 15) is 0 Å². The summed E-state index contributed by atoms with van der Waals surface area (Å²) in [6, 6.07) is 0. The summed E-state index contributed by atoms with van der Waals surface area (Å²) in [4.78, 5) is 0. The van der Waals surface area contributed by atoms with Crippen LogP contribution in [0.3, 0.4) is 0 Å². The van der Waals surface area contributed by atoms with Gasteiger partial charge in [-0.3, -0.25) is 0 Å². The van der Waals surface area contributed by atoms with E-state index in [1.165, 1.54) is 17.6 Å². The van der Waals surface area contributed by atoms with Crippen LogP contribution in [0.1, 0.15) is 6.42 Å². The third-order valence-corrected chi connectivity index (χ3v) is 4.70. The maximum atomic E-state index is 5.99. The third kappa shape index (κ3) is 1.92. The van der Waals surface area contributed by atoms with E-state index in [-0.39, 0.29) is 21.2 Å². The normalized spacial score (nSPS) is 23.9. The molecule has 0 radical (unpaired) electrons. The van der Waals surface area contributed by atoms with Crippen LogP contribution in [0.5, 0.6) is 0 Å². The molecule has 1 saturated heterocycles. The molecule has 1 fully saturated rings. The molecular weight excluding hydrogens is 284 g/mol. The quantitative estimate of drug-likeness (QED) is 0.564. The summed E-state index contributed by atoms with van der Waals surface area (Å²) in [6.45, 7) is 2.10. The van der Waals surface area contributed by atoms with E-state index in [1.54, 1.807) is 0 Å². The molecule has 1 N–H and O–H groups in total. The molecule has 2 rings (SSSR count). The van der Waals surface area contributed by atoms with E-state index in [2.05, 4.69) is 19.6 Å². The van der Waals surface area contributed by atoms with Crippen LogP contribution in [-0.2, 0) is 0 Å². The number of allylic oxidation sites excluding steroid dienone is 2. The fraction of sp³-hybridized carbons (Fsp3) is 0.333. The number of piperidine rings is 1. The Labute approximate surface area is 87.8 Å². The predicted molar refractivity (Wildman–Crippen MR) is 47.6 cm³/mol. The number of rotatable bonds is 0. The zero-order valence-corrected chi connectivity index (χ0v) is 9.52. The van der Waals surface area contributed by atoms with Gasteiger partial charge in [0, 0.05) is 0 Å². The van der Waals surface area contributed by atoms with Crippen LogP contribution in [0.2, 0.25) is 0 Å². The molecule has 2 aliphatic rings. The molecule has 1 nitrogen and oxygen atoms in total. The van der Waals surface area contributed by atoms with Crippen LogP contribution in [0.15, 0.2) is 30.4 Å². The Bertz CT molecular complexity index is 278. The summed E-state index contributed by atoms with van der Waals surface area (Å²) in [5.41, 5.74) is 2.91. The molecule has 0 aromatic carbocycles. The van der Waals surface area contributed by atoms with E-state index in [0.29, 0.717) is 0 Å². The Kier molecular flexibility index (Phi) is 2.88. The van der Waals surface area contributed by atoms with Crippen LogP contribution in [-0.4, -0.2) is 13.1 Å².